The third-order valence-corrected chi connectivity index (χ3v) is 6.58. The minimum absolute atomic E-state index is 0.0159. The van der Waals surface area contributed by atoms with Crippen LogP contribution in [0.15, 0.2) is 26.9 Å². The molecule has 1 N–H and O–H groups in total. The van der Waals surface area contributed by atoms with Crippen LogP contribution in [-0.4, -0.2) is 24.5 Å². The summed E-state index contributed by atoms with van der Waals surface area (Å²) in [6.07, 6.45) is 0. The lowest BCUT2D eigenvalue weighted by Gasteiger charge is -2.10. The highest BCUT2D eigenvalue weighted by atomic mass is 79.9. The lowest BCUT2D eigenvalue weighted by molar-refractivity contribution is 0.0696. The number of carbonyl (C=O) groups is 1. The first-order valence-electron chi connectivity index (χ1n) is 5.88. The second-order valence-electron chi connectivity index (χ2n) is 4.53. The van der Waals surface area contributed by atoms with Crippen molar-refractivity contribution in [1.82, 2.24) is 4.98 Å². The number of halogens is 1. The highest BCUT2D eigenvalue weighted by Crippen LogP contribution is 2.28. The van der Waals surface area contributed by atoms with Crippen LogP contribution < -0.4 is 0 Å². The van der Waals surface area contributed by atoms with Crippen molar-refractivity contribution in [3.8, 4) is 0 Å². The molecular formula is C13H12BrNO4S2. The molecule has 0 aliphatic rings. The van der Waals surface area contributed by atoms with Gasteiger partial charge in [0.2, 0.25) is 0 Å². The minimum atomic E-state index is -3.65. The Balaban J connectivity index is 2.51. The average Bonchev–Trinajstić information content (AvgIpc) is 2.76. The van der Waals surface area contributed by atoms with Gasteiger partial charge in [0.15, 0.2) is 9.84 Å². The Morgan fingerprint density at radius 3 is 2.57 bits per heavy atom. The molecule has 0 fully saturated rings. The monoisotopic (exact) mass is 389 g/mol. The van der Waals surface area contributed by atoms with Crippen LogP contribution >= 0.6 is 27.3 Å². The van der Waals surface area contributed by atoms with E-state index in [1.807, 2.05) is 0 Å². The number of benzene rings is 1. The first-order chi connectivity index (χ1) is 9.70. The van der Waals surface area contributed by atoms with E-state index in [-0.39, 0.29) is 16.2 Å². The molecule has 0 saturated heterocycles. The fraction of sp³-hybridized carbons (Fsp3) is 0.231. The van der Waals surface area contributed by atoms with E-state index in [9.17, 15) is 13.2 Å². The van der Waals surface area contributed by atoms with Crippen LogP contribution in [0.2, 0.25) is 0 Å². The second-order valence-corrected chi connectivity index (χ2v) is 8.28. The van der Waals surface area contributed by atoms with Gasteiger partial charge >= 0.3 is 5.97 Å². The molecule has 21 heavy (non-hydrogen) atoms. The Morgan fingerprint density at radius 2 is 2.05 bits per heavy atom. The third-order valence-electron chi connectivity index (χ3n) is 2.86. The molecule has 0 aliphatic carbocycles. The molecule has 112 valence electrons. The van der Waals surface area contributed by atoms with Gasteiger partial charge < -0.3 is 5.11 Å². The number of carboxylic acids is 1. The summed E-state index contributed by atoms with van der Waals surface area (Å²) < 4.78 is 25.5. The van der Waals surface area contributed by atoms with Gasteiger partial charge in [-0.05, 0) is 31.5 Å². The number of aromatic carboxylic acids is 1. The summed E-state index contributed by atoms with van der Waals surface area (Å²) in [5.41, 5.74) is 1.19. The van der Waals surface area contributed by atoms with Gasteiger partial charge in [-0.25, -0.2) is 18.2 Å². The molecule has 0 unspecified atom stereocenters. The number of carboxylic acid groups (broad SMARTS) is 1. The van der Waals surface area contributed by atoms with Crippen LogP contribution in [0.4, 0.5) is 0 Å². The Morgan fingerprint density at radius 1 is 1.38 bits per heavy atom. The van der Waals surface area contributed by atoms with Gasteiger partial charge in [0.1, 0.15) is 10.8 Å². The fourth-order valence-corrected chi connectivity index (χ4v) is 5.12. The van der Waals surface area contributed by atoms with Crippen molar-refractivity contribution in [2.24, 2.45) is 0 Å². The van der Waals surface area contributed by atoms with Crippen LogP contribution in [0, 0.1) is 13.8 Å². The molecule has 1 heterocycles. The first-order valence-corrected chi connectivity index (χ1v) is 9.20. The minimum Gasteiger partial charge on any atom is -0.478 e. The van der Waals surface area contributed by atoms with Crippen LogP contribution in [0.25, 0.3) is 0 Å². The van der Waals surface area contributed by atoms with Gasteiger partial charge in [-0.1, -0.05) is 15.9 Å². The molecule has 0 saturated carbocycles. The number of aryl methyl sites for hydroxylation is 1. The van der Waals surface area contributed by atoms with Crippen molar-refractivity contribution in [2.45, 2.75) is 24.5 Å². The summed E-state index contributed by atoms with van der Waals surface area (Å²) in [7, 11) is -3.65. The third kappa shape index (κ3) is 3.50. The Kier molecular flexibility index (Phi) is 4.50. The summed E-state index contributed by atoms with van der Waals surface area (Å²) >= 11 is 4.48. The Bertz CT molecular complexity index is 812. The maximum atomic E-state index is 12.5. The number of hydrogen-bond donors (Lipinski definition) is 1. The van der Waals surface area contributed by atoms with Gasteiger partial charge in [-0.2, -0.15) is 0 Å². The number of sulfone groups is 1. The van der Waals surface area contributed by atoms with Gasteiger partial charge in [0, 0.05) is 15.5 Å². The molecule has 5 nitrogen and oxygen atoms in total. The Hall–Kier alpha value is -1.25. The maximum absolute atomic E-state index is 12.5. The van der Waals surface area contributed by atoms with Crippen LogP contribution in [-0.2, 0) is 15.6 Å². The number of thiazole rings is 1. The zero-order valence-corrected chi connectivity index (χ0v) is 14.5. The lowest BCUT2D eigenvalue weighted by Crippen LogP contribution is -2.09. The average molecular weight is 390 g/mol. The van der Waals surface area contributed by atoms with Crippen LogP contribution in [0.1, 0.15) is 26.6 Å². The largest absolute Gasteiger partial charge is 0.478 e. The van der Waals surface area contributed by atoms with Crippen molar-refractivity contribution in [2.75, 3.05) is 0 Å². The van der Waals surface area contributed by atoms with Crippen molar-refractivity contribution < 1.29 is 18.3 Å². The molecular weight excluding hydrogens is 378 g/mol. The molecule has 1 aromatic carbocycles. The Labute approximate surface area is 134 Å². The number of aromatic nitrogens is 1. The van der Waals surface area contributed by atoms with Gasteiger partial charge in [-0.15, -0.1) is 11.3 Å². The maximum Gasteiger partial charge on any atom is 0.335 e. The van der Waals surface area contributed by atoms with Crippen LogP contribution in [0.3, 0.4) is 0 Å². The summed E-state index contributed by atoms with van der Waals surface area (Å²) in [4.78, 5) is 15.2. The number of nitrogens with zero attached hydrogens (tertiary/aromatic N) is 1. The highest BCUT2D eigenvalue weighted by molar-refractivity contribution is 9.10. The summed E-state index contributed by atoms with van der Waals surface area (Å²) in [6.45, 7) is 3.43. The van der Waals surface area contributed by atoms with E-state index in [0.717, 1.165) is 5.69 Å². The zero-order chi connectivity index (χ0) is 15.8. The lowest BCUT2D eigenvalue weighted by atomic mass is 10.1. The van der Waals surface area contributed by atoms with Gasteiger partial charge in [0.05, 0.1) is 10.5 Å². The van der Waals surface area contributed by atoms with Crippen molar-refractivity contribution >= 4 is 43.1 Å². The second kappa shape index (κ2) is 5.86. The van der Waals surface area contributed by atoms with Crippen molar-refractivity contribution in [3.63, 3.8) is 0 Å². The molecule has 0 radical (unpaired) electrons. The first kappa shape index (κ1) is 16.1. The normalized spacial score (nSPS) is 11.6. The predicted molar refractivity (Wildman–Crippen MR) is 83.6 cm³/mol. The van der Waals surface area contributed by atoms with E-state index >= 15 is 0 Å². The topological polar surface area (TPSA) is 84.3 Å². The van der Waals surface area contributed by atoms with E-state index in [1.165, 1.54) is 23.5 Å². The molecule has 2 rings (SSSR count). The van der Waals surface area contributed by atoms with E-state index < -0.39 is 15.8 Å². The fourth-order valence-electron chi connectivity index (χ4n) is 1.81. The van der Waals surface area contributed by atoms with E-state index in [0.29, 0.717) is 15.0 Å². The van der Waals surface area contributed by atoms with E-state index in [2.05, 4.69) is 20.9 Å². The SMILES string of the molecule is Cc1csc(CS(=O)(=O)c2cc(C(=O)O)cc(Br)c2C)n1. The number of rotatable bonds is 4. The van der Waals surface area contributed by atoms with Crippen molar-refractivity contribution in [3.05, 3.63) is 43.8 Å². The molecule has 0 atom stereocenters. The smallest absolute Gasteiger partial charge is 0.335 e. The highest BCUT2D eigenvalue weighted by Gasteiger charge is 2.23. The predicted octanol–water partition coefficient (Wildman–Crippen LogP) is 3.19. The molecule has 2 aromatic rings. The number of hydrogen-bond acceptors (Lipinski definition) is 5. The van der Waals surface area contributed by atoms with Crippen LogP contribution in [0.5, 0.6) is 0 Å². The summed E-state index contributed by atoms with van der Waals surface area (Å²) in [6, 6.07) is 2.59. The molecule has 1 aromatic heterocycles. The van der Waals surface area contributed by atoms with Gasteiger partial charge in [0.25, 0.3) is 0 Å². The quantitative estimate of drug-likeness (QED) is 0.867. The van der Waals surface area contributed by atoms with Crippen molar-refractivity contribution in [1.29, 1.82) is 0 Å². The van der Waals surface area contributed by atoms with E-state index in [1.54, 1.807) is 19.2 Å². The summed E-state index contributed by atoms with van der Waals surface area (Å²) in [5.74, 6) is -1.40. The molecule has 8 heteroatoms. The molecule has 0 spiro atoms. The summed E-state index contributed by atoms with van der Waals surface area (Å²) in [5, 5.41) is 11.3. The molecule has 0 bridgehead atoms. The van der Waals surface area contributed by atoms with E-state index in [4.69, 9.17) is 5.11 Å². The zero-order valence-electron chi connectivity index (χ0n) is 11.3. The standard InChI is InChI=1S/C13H12BrNO4S2/c1-7-5-20-12(15-7)6-21(18,19)11-4-9(13(16)17)3-10(14)8(11)2/h3-5H,6H2,1-2H3,(H,16,17). The molecule has 0 aliphatic heterocycles. The molecule has 0 amide bonds. The van der Waals surface area contributed by atoms with Gasteiger partial charge in [-0.3, -0.25) is 0 Å².